The van der Waals surface area contributed by atoms with Gasteiger partial charge in [-0.05, 0) is 24.3 Å². The molecule has 1 aliphatic heterocycles. The summed E-state index contributed by atoms with van der Waals surface area (Å²) in [7, 11) is 1.54. The van der Waals surface area contributed by atoms with E-state index in [1.54, 1.807) is 24.3 Å². The zero-order valence-corrected chi connectivity index (χ0v) is 9.87. The maximum absolute atomic E-state index is 12.9. The summed E-state index contributed by atoms with van der Waals surface area (Å²) in [5.41, 5.74) is 0.554. The molecule has 18 heavy (non-hydrogen) atoms. The number of amides is 1. The molecule has 1 aromatic carbocycles. The van der Waals surface area contributed by atoms with Crippen molar-refractivity contribution in [2.75, 3.05) is 19.0 Å². The van der Waals surface area contributed by atoms with Crippen LogP contribution in [0.3, 0.4) is 0 Å². The summed E-state index contributed by atoms with van der Waals surface area (Å²) in [4.78, 5) is 11.7. The second-order valence-electron chi connectivity index (χ2n) is 4.21. The number of hydrogen-bond acceptors (Lipinski definition) is 3. The molecule has 2 rings (SSSR count). The van der Waals surface area contributed by atoms with E-state index in [2.05, 4.69) is 10.6 Å². The lowest BCUT2D eigenvalue weighted by atomic mass is 10.2. The standard InChI is InChI=1S/C12H14F2N2O2/c1-18-9-4-2-8(3-5-9)16-11(17)10-6-12(13,14)7-15-10/h2-5,10,15H,6-7H2,1H3,(H,16,17). The monoisotopic (exact) mass is 256 g/mol. The molecular weight excluding hydrogens is 242 g/mol. The summed E-state index contributed by atoms with van der Waals surface area (Å²) in [5, 5.41) is 5.09. The Morgan fingerprint density at radius 1 is 1.44 bits per heavy atom. The highest BCUT2D eigenvalue weighted by Crippen LogP contribution is 2.25. The van der Waals surface area contributed by atoms with Gasteiger partial charge in [0.05, 0.1) is 19.7 Å². The van der Waals surface area contributed by atoms with Crippen LogP contribution in [-0.4, -0.2) is 31.5 Å². The number of anilines is 1. The van der Waals surface area contributed by atoms with E-state index < -0.39 is 30.8 Å². The van der Waals surface area contributed by atoms with Gasteiger partial charge in [-0.3, -0.25) is 10.1 Å². The predicted molar refractivity (Wildman–Crippen MR) is 63.0 cm³/mol. The van der Waals surface area contributed by atoms with E-state index in [-0.39, 0.29) is 0 Å². The van der Waals surface area contributed by atoms with Crippen molar-refractivity contribution in [3.63, 3.8) is 0 Å². The van der Waals surface area contributed by atoms with Crippen molar-refractivity contribution < 1.29 is 18.3 Å². The third kappa shape index (κ3) is 2.95. The molecule has 98 valence electrons. The fourth-order valence-corrected chi connectivity index (χ4v) is 1.80. The second-order valence-corrected chi connectivity index (χ2v) is 4.21. The highest BCUT2D eigenvalue weighted by atomic mass is 19.3. The summed E-state index contributed by atoms with van der Waals surface area (Å²) in [6.07, 6.45) is -0.463. The second kappa shape index (κ2) is 4.89. The molecule has 6 heteroatoms. The van der Waals surface area contributed by atoms with Gasteiger partial charge in [0.25, 0.3) is 5.92 Å². The van der Waals surface area contributed by atoms with Gasteiger partial charge in [0.2, 0.25) is 5.91 Å². The lowest BCUT2D eigenvalue weighted by Gasteiger charge is -2.11. The number of hydrogen-bond donors (Lipinski definition) is 2. The van der Waals surface area contributed by atoms with Gasteiger partial charge in [0, 0.05) is 12.1 Å². The van der Waals surface area contributed by atoms with E-state index in [1.807, 2.05) is 0 Å². The van der Waals surface area contributed by atoms with Gasteiger partial charge in [-0.1, -0.05) is 0 Å². The summed E-state index contributed by atoms with van der Waals surface area (Å²) in [6.45, 7) is -0.451. The number of ether oxygens (including phenoxy) is 1. The Hall–Kier alpha value is -1.69. The van der Waals surface area contributed by atoms with Crippen LogP contribution < -0.4 is 15.4 Å². The normalized spacial score (nSPS) is 21.6. The minimum absolute atomic E-state index is 0.447. The van der Waals surface area contributed by atoms with Crippen molar-refractivity contribution >= 4 is 11.6 Å². The lowest BCUT2D eigenvalue weighted by Crippen LogP contribution is -2.35. The third-order valence-corrected chi connectivity index (χ3v) is 2.78. The topological polar surface area (TPSA) is 50.4 Å². The number of methoxy groups -OCH3 is 1. The Kier molecular flexibility index (Phi) is 3.47. The maximum Gasteiger partial charge on any atom is 0.262 e. The molecule has 1 aliphatic rings. The number of carbonyl (C=O) groups is 1. The molecule has 1 amide bonds. The number of alkyl halides is 2. The van der Waals surface area contributed by atoms with Crippen molar-refractivity contribution in [3.8, 4) is 5.75 Å². The van der Waals surface area contributed by atoms with Crippen LogP contribution in [0, 0.1) is 0 Å². The molecule has 0 aliphatic carbocycles. The highest BCUT2D eigenvalue weighted by Gasteiger charge is 2.42. The van der Waals surface area contributed by atoms with Gasteiger partial charge in [-0.15, -0.1) is 0 Å². The largest absolute Gasteiger partial charge is 0.497 e. The SMILES string of the molecule is COc1ccc(NC(=O)C2CC(F)(F)CN2)cc1. The summed E-state index contributed by atoms with van der Waals surface area (Å²) >= 11 is 0. The summed E-state index contributed by atoms with van der Waals surface area (Å²) in [5.74, 6) is -2.59. The first-order chi connectivity index (χ1) is 8.50. The van der Waals surface area contributed by atoms with Crippen LogP contribution in [0.15, 0.2) is 24.3 Å². The van der Waals surface area contributed by atoms with Gasteiger partial charge in [-0.2, -0.15) is 0 Å². The van der Waals surface area contributed by atoms with Crippen LogP contribution in [0.1, 0.15) is 6.42 Å². The minimum atomic E-state index is -2.80. The third-order valence-electron chi connectivity index (χ3n) is 2.78. The molecule has 0 radical (unpaired) electrons. The first-order valence-corrected chi connectivity index (χ1v) is 5.56. The van der Waals surface area contributed by atoms with Gasteiger partial charge < -0.3 is 10.1 Å². The molecule has 1 saturated heterocycles. The van der Waals surface area contributed by atoms with Gasteiger partial charge in [-0.25, -0.2) is 8.78 Å². The Bertz CT molecular complexity index is 434. The molecule has 1 aromatic rings. The first kappa shape index (κ1) is 12.8. The predicted octanol–water partition coefficient (Wildman–Crippen LogP) is 1.63. The van der Waals surface area contributed by atoms with Crippen LogP contribution in [0.25, 0.3) is 0 Å². The smallest absolute Gasteiger partial charge is 0.262 e. The van der Waals surface area contributed by atoms with Crippen molar-refractivity contribution in [2.24, 2.45) is 0 Å². The van der Waals surface area contributed by atoms with Crippen molar-refractivity contribution in [3.05, 3.63) is 24.3 Å². The fraction of sp³-hybridized carbons (Fsp3) is 0.417. The summed E-state index contributed by atoms with van der Waals surface area (Å²) in [6, 6.07) is 5.84. The number of rotatable bonds is 3. The quantitative estimate of drug-likeness (QED) is 0.864. The van der Waals surface area contributed by atoms with Crippen LogP contribution in [0.4, 0.5) is 14.5 Å². The average molecular weight is 256 g/mol. The number of nitrogens with one attached hydrogen (secondary N) is 2. The van der Waals surface area contributed by atoms with E-state index in [9.17, 15) is 13.6 Å². The van der Waals surface area contributed by atoms with Gasteiger partial charge in [0.1, 0.15) is 5.75 Å². The maximum atomic E-state index is 12.9. The van der Waals surface area contributed by atoms with Crippen LogP contribution in [0.5, 0.6) is 5.75 Å². The Morgan fingerprint density at radius 3 is 2.61 bits per heavy atom. The van der Waals surface area contributed by atoms with E-state index in [1.165, 1.54) is 7.11 Å². The van der Waals surface area contributed by atoms with E-state index in [4.69, 9.17) is 4.74 Å². The zero-order chi connectivity index (χ0) is 13.2. The molecule has 0 aromatic heterocycles. The zero-order valence-electron chi connectivity index (χ0n) is 9.87. The average Bonchev–Trinajstić information content (AvgIpc) is 2.71. The van der Waals surface area contributed by atoms with E-state index in [0.717, 1.165) is 0 Å². The number of carbonyl (C=O) groups excluding carboxylic acids is 1. The van der Waals surface area contributed by atoms with Crippen molar-refractivity contribution in [1.29, 1.82) is 0 Å². The Balaban J connectivity index is 1.95. The number of halogens is 2. The van der Waals surface area contributed by atoms with Gasteiger partial charge in [0.15, 0.2) is 0 Å². The van der Waals surface area contributed by atoms with E-state index in [0.29, 0.717) is 11.4 Å². The lowest BCUT2D eigenvalue weighted by molar-refractivity contribution is -0.118. The molecule has 4 nitrogen and oxygen atoms in total. The minimum Gasteiger partial charge on any atom is -0.497 e. The summed E-state index contributed by atoms with van der Waals surface area (Å²) < 4.78 is 30.8. The van der Waals surface area contributed by atoms with Crippen molar-refractivity contribution in [2.45, 2.75) is 18.4 Å². The fourth-order valence-electron chi connectivity index (χ4n) is 1.80. The Morgan fingerprint density at radius 2 is 2.11 bits per heavy atom. The first-order valence-electron chi connectivity index (χ1n) is 5.56. The van der Waals surface area contributed by atoms with Gasteiger partial charge >= 0.3 is 0 Å². The molecule has 0 bridgehead atoms. The Labute approximate surface area is 103 Å². The molecule has 1 fully saturated rings. The molecule has 1 atom stereocenters. The number of benzene rings is 1. The molecule has 0 spiro atoms. The molecule has 1 heterocycles. The van der Waals surface area contributed by atoms with Crippen LogP contribution >= 0.6 is 0 Å². The molecule has 1 unspecified atom stereocenters. The van der Waals surface area contributed by atoms with Crippen molar-refractivity contribution in [1.82, 2.24) is 5.32 Å². The highest BCUT2D eigenvalue weighted by molar-refractivity contribution is 5.95. The van der Waals surface area contributed by atoms with E-state index >= 15 is 0 Å². The molecular formula is C12H14F2N2O2. The van der Waals surface area contributed by atoms with Crippen LogP contribution in [0.2, 0.25) is 0 Å². The molecule has 2 N–H and O–H groups in total. The molecule has 0 saturated carbocycles. The van der Waals surface area contributed by atoms with Crippen LogP contribution in [-0.2, 0) is 4.79 Å².